The summed E-state index contributed by atoms with van der Waals surface area (Å²) in [5.41, 5.74) is 0.157. The summed E-state index contributed by atoms with van der Waals surface area (Å²) in [4.78, 5) is 37.2. The molecule has 6 nitrogen and oxygen atoms in total. The van der Waals surface area contributed by atoms with E-state index in [-0.39, 0.29) is 19.6 Å². The zero-order chi connectivity index (χ0) is 23.1. The summed E-state index contributed by atoms with van der Waals surface area (Å²) in [5, 5.41) is 2.50. The van der Waals surface area contributed by atoms with Crippen LogP contribution < -0.4 is 5.32 Å². The Balaban J connectivity index is 2.96. The second-order valence-corrected chi connectivity index (χ2v) is 7.52. The zero-order valence-corrected chi connectivity index (χ0v) is 19.4. The van der Waals surface area contributed by atoms with Gasteiger partial charge in [-0.3, -0.25) is 4.79 Å². The first-order valence-electron chi connectivity index (χ1n) is 11.3. The molecule has 0 heterocycles. The Morgan fingerprint density at radius 2 is 1.68 bits per heavy atom. The van der Waals surface area contributed by atoms with Crippen LogP contribution in [0.2, 0.25) is 0 Å². The van der Waals surface area contributed by atoms with Crippen molar-refractivity contribution in [3.05, 3.63) is 41.5 Å². The molecule has 0 aliphatic rings. The lowest BCUT2D eigenvalue weighted by Gasteiger charge is -2.29. The van der Waals surface area contributed by atoms with Crippen molar-refractivity contribution >= 4 is 23.9 Å². The summed E-state index contributed by atoms with van der Waals surface area (Å²) < 4.78 is 10.2. The van der Waals surface area contributed by atoms with Crippen LogP contribution in [0.25, 0.3) is 6.08 Å². The van der Waals surface area contributed by atoms with Crippen molar-refractivity contribution in [2.75, 3.05) is 13.2 Å². The third-order valence-corrected chi connectivity index (χ3v) is 4.91. The van der Waals surface area contributed by atoms with Gasteiger partial charge in [-0.1, -0.05) is 62.6 Å². The van der Waals surface area contributed by atoms with Gasteiger partial charge in [0.05, 0.1) is 13.2 Å². The predicted molar refractivity (Wildman–Crippen MR) is 122 cm³/mol. The molecule has 6 heteroatoms. The average Bonchev–Trinajstić information content (AvgIpc) is 2.74. The largest absolute Gasteiger partial charge is 0.464 e. The normalized spacial score (nSPS) is 11.4. The molecule has 172 valence electrons. The highest BCUT2D eigenvalue weighted by molar-refractivity contribution is 6.07. The number of ether oxygens (including phenoxy) is 2. The lowest BCUT2D eigenvalue weighted by atomic mass is 9.90. The molecule has 0 saturated carbocycles. The van der Waals surface area contributed by atoms with Crippen molar-refractivity contribution in [1.29, 1.82) is 0 Å². The standard InChI is InChI=1S/C25H37NO5/c1-5-8-9-10-11-12-14-21-15-13-16-22(19-21)17-18-25(26-20(4)27,23(28)30-6-2)24(29)31-7-3/h12-16,19H,5-11,17-18H2,1-4H3,(H,26,27)/b14-12+. The lowest BCUT2D eigenvalue weighted by Crippen LogP contribution is -2.61. The number of rotatable bonds is 14. The van der Waals surface area contributed by atoms with Gasteiger partial charge in [0, 0.05) is 6.92 Å². The molecule has 1 aromatic carbocycles. The molecule has 0 fully saturated rings. The van der Waals surface area contributed by atoms with Crippen LogP contribution >= 0.6 is 0 Å². The number of nitrogens with one attached hydrogen (secondary N) is 1. The second-order valence-electron chi connectivity index (χ2n) is 7.52. The second kappa shape index (κ2) is 14.4. The third kappa shape index (κ3) is 8.95. The predicted octanol–water partition coefficient (Wildman–Crippen LogP) is 4.60. The molecule has 31 heavy (non-hydrogen) atoms. The van der Waals surface area contributed by atoms with E-state index in [9.17, 15) is 14.4 Å². The van der Waals surface area contributed by atoms with Crippen LogP contribution in [0.15, 0.2) is 30.3 Å². The van der Waals surface area contributed by atoms with E-state index in [2.05, 4.69) is 24.4 Å². The van der Waals surface area contributed by atoms with E-state index in [1.165, 1.54) is 32.6 Å². The number of carbonyl (C=O) groups excluding carboxylic acids is 3. The number of allylic oxidation sites excluding steroid dienone is 1. The number of amides is 1. The van der Waals surface area contributed by atoms with Crippen molar-refractivity contribution in [3.8, 4) is 0 Å². The first kappa shape index (κ1) is 26.4. The van der Waals surface area contributed by atoms with Crippen molar-refractivity contribution in [1.82, 2.24) is 5.32 Å². The number of carbonyl (C=O) groups is 3. The van der Waals surface area contributed by atoms with Crippen LogP contribution in [-0.2, 0) is 30.3 Å². The Hall–Kier alpha value is -2.63. The molecule has 0 spiro atoms. The van der Waals surface area contributed by atoms with Gasteiger partial charge in [-0.05, 0) is 50.7 Å². The number of unbranched alkanes of at least 4 members (excludes halogenated alkanes) is 4. The van der Waals surface area contributed by atoms with Gasteiger partial charge in [0.15, 0.2) is 0 Å². The Morgan fingerprint density at radius 1 is 1.00 bits per heavy atom. The highest BCUT2D eigenvalue weighted by Crippen LogP contribution is 2.21. The number of hydrogen-bond donors (Lipinski definition) is 1. The number of hydrogen-bond acceptors (Lipinski definition) is 5. The van der Waals surface area contributed by atoms with Gasteiger partial charge < -0.3 is 14.8 Å². The van der Waals surface area contributed by atoms with Gasteiger partial charge >= 0.3 is 11.9 Å². The molecule has 0 aliphatic heterocycles. The number of aryl methyl sites for hydroxylation is 1. The van der Waals surface area contributed by atoms with E-state index in [1.54, 1.807) is 13.8 Å². The fraction of sp³-hybridized carbons (Fsp3) is 0.560. The highest BCUT2D eigenvalue weighted by atomic mass is 16.6. The van der Waals surface area contributed by atoms with Crippen LogP contribution in [0.4, 0.5) is 0 Å². The summed E-state index contributed by atoms with van der Waals surface area (Å²) in [6.07, 6.45) is 10.7. The minimum Gasteiger partial charge on any atom is -0.464 e. The molecule has 0 bridgehead atoms. The van der Waals surface area contributed by atoms with Gasteiger partial charge in [-0.15, -0.1) is 0 Å². The fourth-order valence-electron chi connectivity index (χ4n) is 3.35. The summed E-state index contributed by atoms with van der Waals surface area (Å²) in [6.45, 7) is 6.96. The quantitative estimate of drug-likeness (QED) is 0.264. The van der Waals surface area contributed by atoms with Gasteiger partial charge in [0.2, 0.25) is 11.4 Å². The maximum atomic E-state index is 12.7. The number of benzene rings is 1. The zero-order valence-electron chi connectivity index (χ0n) is 19.4. The van der Waals surface area contributed by atoms with Crippen LogP contribution in [0.5, 0.6) is 0 Å². The molecule has 0 unspecified atom stereocenters. The van der Waals surface area contributed by atoms with E-state index in [4.69, 9.17) is 9.47 Å². The average molecular weight is 432 g/mol. The molecule has 0 aromatic heterocycles. The highest BCUT2D eigenvalue weighted by Gasteiger charge is 2.49. The van der Waals surface area contributed by atoms with E-state index in [1.807, 2.05) is 24.3 Å². The smallest absolute Gasteiger partial charge is 0.343 e. The maximum Gasteiger partial charge on any atom is 0.343 e. The SMILES string of the molecule is CCCCCC/C=C/c1cccc(CCC(NC(C)=O)(C(=O)OCC)C(=O)OCC)c1. The van der Waals surface area contributed by atoms with E-state index >= 15 is 0 Å². The Bertz CT molecular complexity index is 723. The van der Waals surface area contributed by atoms with Crippen molar-refractivity contribution in [2.24, 2.45) is 0 Å². The lowest BCUT2D eigenvalue weighted by molar-refractivity contribution is -0.168. The molecule has 1 amide bonds. The molecular weight excluding hydrogens is 394 g/mol. The monoisotopic (exact) mass is 431 g/mol. The summed E-state index contributed by atoms with van der Waals surface area (Å²) in [5.74, 6) is -2.10. The maximum absolute atomic E-state index is 12.7. The summed E-state index contributed by atoms with van der Waals surface area (Å²) >= 11 is 0. The van der Waals surface area contributed by atoms with Crippen LogP contribution in [0.1, 0.15) is 77.3 Å². The minimum atomic E-state index is -1.86. The van der Waals surface area contributed by atoms with E-state index in [0.29, 0.717) is 6.42 Å². The fourth-order valence-corrected chi connectivity index (χ4v) is 3.35. The van der Waals surface area contributed by atoms with Crippen LogP contribution in [0, 0.1) is 0 Å². The van der Waals surface area contributed by atoms with Crippen molar-refractivity contribution in [3.63, 3.8) is 0 Å². The molecule has 0 saturated heterocycles. The van der Waals surface area contributed by atoms with Gasteiger partial charge in [-0.25, -0.2) is 9.59 Å². The van der Waals surface area contributed by atoms with E-state index < -0.39 is 23.4 Å². The third-order valence-electron chi connectivity index (χ3n) is 4.91. The Kier molecular flexibility index (Phi) is 12.3. The van der Waals surface area contributed by atoms with Crippen molar-refractivity contribution < 1.29 is 23.9 Å². The van der Waals surface area contributed by atoms with Gasteiger partial charge in [0.1, 0.15) is 0 Å². The van der Waals surface area contributed by atoms with Crippen molar-refractivity contribution in [2.45, 2.75) is 78.2 Å². The molecule has 0 atom stereocenters. The molecular formula is C25H37NO5. The topological polar surface area (TPSA) is 81.7 Å². The molecule has 1 N–H and O–H groups in total. The van der Waals surface area contributed by atoms with Gasteiger partial charge in [0.25, 0.3) is 0 Å². The summed E-state index contributed by atoms with van der Waals surface area (Å²) in [6, 6.07) is 7.93. The Labute approximate surface area is 186 Å². The molecule has 1 aromatic rings. The molecule has 0 aliphatic carbocycles. The van der Waals surface area contributed by atoms with E-state index in [0.717, 1.165) is 17.5 Å². The number of esters is 2. The van der Waals surface area contributed by atoms with Crippen LogP contribution in [0.3, 0.4) is 0 Å². The van der Waals surface area contributed by atoms with Crippen LogP contribution in [-0.4, -0.2) is 36.6 Å². The molecule has 0 radical (unpaired) electrons. The van der Waals surface area contributed by atoms with Gasteiger partial charge in [-0.2, -0.15) is 0 Å². The molecule has 1 rings (SSSR count). The first-order valence-corrected chi connectivity index (χ1v) is 11.3. The Morgan fingerprint density at radius 3 is 2.26 bits per heavy atom. The summed E-state index contributed by atoms with van der Waals surface area (Å²) in [7, 11) is 0. The first-order chi connectivity index (χ1) is 14.9. The minimum absolute atomic E-state index is 0.0500.